The molecule has 20 heavy (non-hydrogen) atoms. The lowest BCUT2D eigenvalue weighted by molar-refractivity contribution is -0.116. The number of nitrogens with one attached hydrogen (secondary N) is 1. The predicted molar refractivity (Wildman–Crippen MR) is 80.9 cm³/mol. The zero-order valence-electron chi connectivity index (χ0n) is 10.3. The molecule has 0 aliphatic rings. The quantitative estimate of drug-likeness (QED) is 0.820. The Hall–Kier alpha value is -1.48. The maximum Gasteiger partial charge on any atom is 0.247 e. The van der Waals surface area contributed by atoms with Crippen LogP contribution in [0.3, 0.4) is 0 Å². The highest BCUT2D eigenvalue weighted by Gasteiger charge is 2.11. The van der Waals surface area contributed by atoms with E-state index in [4.69, 9.17) is 5.14 Å². The second-order valence-corrected chi connectivity index (χ2v) is 7.77. The molecule has 2 heterocycles. The Morgan fingerprint density at radius 2 is 2.15 bits per heavy atom. The molecule has 0 saturated carbocycles. The lowest BCUT2D eigenvalue weighted by Crippen LogP contribution is -2.19. The van der Waals surface area contributed by atoms with Crippen LogP contribution in [0.5, 0.6) is 0 Å². The van der Waals surface area contributed by atoms with Crippen molar-refractivity contribution in [2.75, 3.05) is 0 Å². The fourth-order valence-electron chi connectivity index (χ4n) is 1.38. The number of hydrogen-bond donors (Lipinski definition) is 2. The van der Waals surface area contributed by atoms with Crippen LogP contribution in [0.4, 0.5) is 0 Å². The van der Waals surface area contributed by atoms with E-state index in [2.05, 4.69) is 5.32 Å². The van der Waals surface area contributed by atoms with Crippen molar-refractivity contribution in [2.24, 2.45) is 5.14 Å². The number of sulfonamides is 1. The van der Waals surface area contributed by atoms with Crippen molar-refractivity contribution in [3.05, 3.63) is 45.5 Å². The third kappa shape index (κ3) is 4.27. The molecular formula is C12H12N2O3S3. The molecule has 0 aliphatic carbocycles. The maximum absolute atomic E-state index is 11.6. The third-order valence-electron chi connectivity index (χ3n) is 2.30. The van der Waals surface area contributed by atoms with Crippen LogP contribution in [-0.4, -0.2) is 14.3 Å². The van der Waals surface area contributed by atoms with Crippen molar-refractivity contribution < 1.29 is 13.2 Å². The van der Waals surface area contributed by atoms with Gasteiger partial charge in [0.05, 0.1) is 6.54 Å². The molecule has 2 rings (SSSR count). The molecule has 0 aromatic carbocycles. The molecule has 106 valence electrons. The molecule has 1 amide bonds. The van der Waals surface area contributed by atoms with Crippen LogP contribution in [0.2, 0.25) is 0 Å². The zero-order chi connectivity index (χ0) is 14.6. The van der Waals surface area contributed by atoms with Crippen molar-refractivity contribution in [3.8, 4) is 0 Å². The van der Waals surface area contributed by atoms with Crippen molar-refractivity contribution in [1.29, 1.82) is 0 Å². The molecule has 0 bridgehead atoms. The first-order valence-corrected chi connectivity index (χ1v) is 8.80. The summed E-state index contributed by atoms with van der Waals surface area (Å²) >= 11 is 2.59. The maximum atomic E-state index is 11.6. The number of carbonyl (C=O) groups excluding carboxylic acids is 1. The minimum absolute atomic E-state index is 0.0934. The summed E-state index contributed by atoms with van der Waals surface area (Å²) in [5.74, 6) is -0.232. The van der Waals surface area contributed by atoms with Crippen LogP contribution in [-0.2, 0) is 21.4 Å². The van der Waals surface area contributed by atoms with Gasteiger partial charge >= 0.3 is 0 Å². The number of amides is 1. The van der Waals surface area contributed by atoms with Gasteiger partial charge in [0.15, 0.2) is 0 Å². The summed E-state index contributed by atoms with van der Waals surface area (Å²) in [6.45, 7) is 0.272. The first kappa shape index (κ1) is 14.9. The third-order valence-corrected chi connectivity index (χ3v) is 5.66. The van der Waals surface area contributed by atoms with E-state index in [9.17, 15) is 13.2 Å². The largest absolute Gasteiger partial charge is 0.348 e. The molecular weight excluding hydrogens is 316 g/mol. The van der Waals surface area contributed by atoms with Crippen molar-refractivity contribution >= 4 is 44.7 Å². The van der Waals surface area contributed by atoms with Crippen molar-refractivity contribution in [3.63, 3.8) is 0 Å². The lowest BCUT2D eigenvalue weighted by Gasteiger charge is -1.98. The fourth-order valence-corrected chi connectivity index (χ4v) is 3.72. The molecule has 5 nitrogen and oxygen atoms in total. The van der Waals surface area contributed by atoms with Gasteiger partial charge in [0.1, 0.15) is 4.21 Å². The molecule has 0 atom stereocenters. The summed E-state index contributed by atoms with van der Waals surface area (Å²) in [5.41, 5.74) is 0. The minimum atomic E-state index is -3.67. The summed E-state index contributed by atoms with van der Waals surface area (Å²) in [6, 6.07) is 6.88. The number of nitrogens with two attached hydrogens (primary N) is 1. The van der Waals surface area contributed by atoms with Crippen LogP contribution in [0.25, 0.3) is 6.08 Å². The first-order chi connectivity index (χ1) is 9.45. The second kappa shape index (κ2) is 6.31. The highest BCUT2D eigenvalue weighted by molar-refractivity contribution is 7.91. The van der Waals surface area contributed by atoms with Crippen LogP contribution in [0, 0.1) is 0 Å². The summed E-state index contributed by atoms with van der Waals surface area (Å²) in [4.78, 5) is 13.3. The van der Waals surface area contributed by atoms with Crippen molar-refractivity contribution in [1.82, 2.24) is 5.32 Å². The van der Waals surface area contributed by atoms with Gasteiger partial charge in [0.25, 0.3) is 0 Å². The van der Waals surface area contributed by atoms with Crippen LogP contribution in [0.1, 0.15) is 9.75 Å². The van der Waals surface area contributed by atoms with E-state index in [1.165, 1.54) is 12.1 Å². The molecule has 0 fully saturated rings. The monoisotopic (exact) mass is 328 g/mol. The topological polar surface area (TPSA) is 89.3 Å². The average Bonchev–Trinajstić information content (AvgIpc) is 3.04. The Balaban J connectivity index is 1.89. The number of hydrogen-bond acceptors (Lipinski definition) is 5. The molecule has 0 aliphatic heterocycles. The van der Waals surface area contributed by atoms with Crippen LogP contribution in [0.15, 0.2) is 39.9 Å². The number of rotatable bonds is 5. The van der Waals surface area contributed by atoms with Gasteiger partial charge in [-0.2, -0.15) is 0 Å². The zero-order valence-corrected chi connectivity index (χ0v) is 12.7. The van der Waals surface area contributed by atoms with Gasteiger partial charge in [-0.1, -0.05) is 6.07 Å². The lowest BCUT2D eigenvalue weighted by atomic mass is 10.4. The Morgan fingerprint density at radius 3 is 2.75 bits per heavy atom. The van der Waals surface area contributed by atoms with Gasteiger partial charge in [-0.15, -0.1) is 22.7 Å². The van der Waals surface area contributed by atoms with Crippen molar-refractivity contribution in [2.45, 2.75) is 10.8 Å². The van der Waals surface area contributed by atoms with Gasteiger partial charge in [-0.25, -0.2) is 13.6 Å². The Kier molecular flexibility index (Phi) is 4.71. The molecule has 2 aromatic heterocycles. The van der Waals surface area contributed by atoms with E-state index in [0.29, 0.717) is 0 Å². The van der Waals surface area contributed by atoms with E-state index in [0.717, 1.165) is 21.1 Å². The van der Waals surface area contributed by atoms with Crippen LogP contribution < -0.4 is 10.5 Å². The van der Waals surface area contributed by atoms with Gasteiger partial charge in [0.2, 0.25) is 15.9 Å². The summed E-state index contributed by atoms with van der Waals surface area (Å²) in [7, 11) is -3.67. The van der Waals surface area contributed by atoms with E-state index in [-0.39, 0.29) is 16.7 Å². The van der Waals surface area contributed by atoms with E-state index in [1.54, 1.807) is 23.5 Å². The average molecular weight is 328 g/mol. The summed E-state index contributed by atoms with van der Waals surface area (Å²) in [5, 5.41) is 9.62. The standard InChI is InChI=1S/C12H12N2O3S3/c13-20(16,17)12-6-4-10(19-12)8-14-11(15)5-3-9-2-1-7-18-9/h1-7H,8H2,(H,14,15)(H2,13,16,17)/b5-3+. The molecule has 0 spiro atoms. The van der Waals surface area contributed by atoms with Gasteiger partial charge in [-0.3, -0.25) is 4.79 Å². The van der Waals surface area contributed by atoms with E-state index < -0.39 is 10.0 Å². The number of carbonyl (C=O) groups is 1. The summed E-state index contributed by atoms with van der Waals surface area (Å²) < 4.78 is 22.3. The molecule has 2 aromatic rings. The van der Waals surface area contributed by atoms with Crippen LogP contribution >= 0.6 is 22.7 Å². The normalized spacial score (nSPS) is 11.8. The van der Waals surface area contributed by atoms with E-state index >= 15 is 0 Å². The highest BCUT2D eigenvalue weighted by Crippen LogP contribution is 2.19. The van der Waals surface area contributed by atoms with Gasteiger partial charge < -0.3 is 5.32 Å². The fraction of sp³-hybridized carbons (Fsp3) is 0.0833. The summed E-state index contributed by atoms with van der Waals surface area (Å²) in [6.07, 6.45) is 3.17. The first-order valence-electron chi connectivity index (χ1n) is 5.56. The predicted octanol–water partition coefficient (Wildman–Crippen LogP) is 1.79. The minimum Gasteiger partial charge on any atom is -0.348 e. The molecule has 8 heteroatoms. The Morgan fingerprint density at radius 1 is 1.35 bits per heavy atom. The Bertz CT molecular complexity index is 715. The van der Waals surface area contributed by atoms with Gasteiger partial charge in [-0.05, 0) is 29.7 Å². The van der Waals surface area contributed by atoms with Gasteiger partial charge in [0, 0.05) is 15.8 Å². The molecule has 3 N–H and O–H groups in total. The Labute approximate surface area is 124 Å². The molecule has 0 radical (unpaired) electrons. The molecule has 0 unspecified atom stereocenters. The molecule has 0 saturated heterocycles. The highest BCUT2D eigenvalue weighted by atomic mass is 32.2. The second-order valence-electron chi connectivity index (χ2n) is 3.83. The number of thiophene rings is 2. The SMILES string of the molecule is NS(=O)(=O)c1ccc(CNC(=O)/C=C/c2cccs2)s1. The smallest absolute Gasteiger partial charge is 0.247 e. The number of primary sulfonamides is 1. The van der Waals surface area contributed by atoms with E-state index in [1.807, 2.05) is 17.5 Å².